The molecule has 1 amide bonds. The molecule has 7 heteroatoms. The summed E-state index contributed by atoms with van der Waals surface area (Å²) in [6.45, 7) is 2.03. The van der Waals surface area contributed by atoms with Crippen molar-refractivity contribution in [1.29, 1.82) is 0 Å². The zero-order chi connectivity index (χ0) is 14.7. The number of aryl methyl sites for hydroxylation is 1. The van der Waals surface area contributed by atoms with Gasteiger partial charge in [-0.1, -0.05) is 6.92 Å². The summed E-state index contributed by atoms with van der Waals surface area (Å²) < 4.78 is 0. The molecule has 0 unspecified atom stereocenters. The Hall–Kier alpha value is -1.99. The third-order valence-corrected chi connectivity index (χ3v) is 4.56. The summed E-state index contributed by atoms with van der Waals surface area (Å²) in [6, 6.07) is 3.87. The lowest BCUT2D eigenvalue weighted by Crippen LogP contribution is -2.14. The first-order valence-corrected chi connectivity index (χ1v) is 8.38. The molecule has 0 radical (unpaired) electrons. The summed E-state index contributed by atoms with van der Waals surface area (Å²) in [4.78, 5) is 16.5. The number of hydrogen-bond acceptors (Lipinski definition) is 5. The van der Waals surface area contributed by atoms with Crippen molar-refractivity contribution in [1.82, 2.24) is 15.2 Å². The number of rotatable bonds is 5. The maximum atomic E-state index is 12.0. The van der Waals surface area contributed by atoms with Gasteiger partial charge in [-0.15, -0.1) is 11.3 Å². The Morgan fingerprint density at radius 3 is 3.05 bits per heavy atom. The number of hydrogen-bond donors (Lipinski definition) is 2. The van der Waals surface area contributed by atoms with Gasteiger partial charge in [0.05, 0.1) is 12.1 Å². The molecule has 3 heterocycles. The van der Waals surface area contributed by atoms with E-state index >= 15 is 0 Å². The Morgan fingerprint density at radius 1 is 1.43 bits per heavy atom. The number of amides is 1. The van der Waals surface area contributed by atoms with Crippen LogP contribution in [0.4, 0.5) is 5.82 Å². The summed E-state index contributed by atoms with van der Waals surface area (Å²) in [7, 11) is 0. The van der Waals surface area contributed by atoms with Crippen molar-refractivity contribution in [3.63, 3.8) is 0 Å². The first kappa shape index (κ1) is 14.0. The normalized spacial score (nSPS) is 10.7. The van der Waals surface area contributed by atoms with Gasteiger partial charge in [-0.3, -0.25) is 9.89 Å². The van der Waals surface area contributed by atoms with E-state index in [-0.39, 0.29) is 12.3 Å². The molecule has 2 N–H and O–H groups in total. The summed E-state index contributed by atoms with van der Waals surface area (Å²) in [5, 5.41) is 16.6. The number of aromatic amines is 1. The number of carbonyl (C=O) groups is 1. The Balaban J connectivity index is 1.62. The highest BCUT2D eigenvalue weighted by molar-refractivity contribution is 7.14. The number of carbonyl (C=O) groups excluding carboxylic acids is 1. The molecule has 3 rings (SSSR count). The number of nitrogens with one attached hydrogen (secondary N) is 2. The quantitative estimate of drug-likeness (QED) is 0.758. The summed E-state index contributed by atoms with van der Waals surface area (Å²) in [5.74, 6) is 0.455. The Labute approximate surface area is 130 Å². The minimum atomic E-state index is -0.105. The van der Waals surface area contributed by atoms with Crippen LogP contribution in [0.3, 0.4) is 0 Å². The second-order valence-electron chi connectivity index (χ2n) is 4.51. The topological polar surface area (TPSA) is 70.7 Å². The van der Waals surface area contributed by atoms with Gasteiger partial charge in [-0.2, -0.15) is 16.4 Å². The molecule has 5 nitrogen and oxygen atoms in total. The maximum absolute atomic E-state index is 12.0. The fraction of sp³-hybridized carbons (Fsp3) is 0.214. The molecule has 0 bridgehead atoms. The molecular formula is C14H14N4OS2. The average molecular weight is 318 g/mol. The van der Waals surface area contributed by atoms with Gasteiger partial charge in [0.25, 0.3) is 0 Å². The molecule has 0 saturated carbocycles. The minimum absolute atomic E-state index is 0.105. The average Bonchev–Trinajstić information content (AvgIpc) is 3.19. The number of nitrogens with zero attached hydrogens (tertiary/aromatic N) is 2. The van der Waals surface area contributed by atoms with Crippen molar-refractivity contribution in [3.05, 3.63) is 39.7 Å². The highest BCUT2D eigenvalue weighted by Crippen LogP contribution is 2.25. The molecular weight excluding hydrogens is 304 g/mol. The highest BCUT2D eigenvalue weighted by Gasteiger charge is 2.10. The lowest BCUT2D eigenvalue weighted by Gasteiger charge is -1.98. The van der Waals surface area contributed by atoms with Crippen LogP contribution in [0.5, 0.6) is 0 Å². The third-order valence-electron chi connectivity index (χ3n) is 2.94. The van der Waals surface area contributed by atoms with E-state index in [0.717, 1.165) is 28.4 Å². The summed E-state index contributed by atoms with van der Waals surface area (Å²) >= 11 is 3.20. The van der Waals surface area contributed by atoms with Gasteiger partial charge in [0.1, 0.15) is 5.01 Å². The van der Waals surface area contributed by atoms with Gasteiger partial charge < -0.3 is 5.32 Å². The van der Waals surface area contributed by atoms with E-state index in [0.29, 0.717) is 5.82 Å². The van der Waals surface area contributed by atoms with E-state index in [9.17, 15) is 4.79 Å². The number of thiophene rings is 1. The van der Waals surface area contributed by atoms with E-state index in [1.54, 1.807) is 22.7 Å². The Bertz CT molecular complexity index is 730. The molecule has 21 heavy (non-hydrogen) atoms. The van der Waals surface area contributed by atoms with Gasteiger partial charge in [0.2, 0.25) is 5.91 Å². The lowest BCUT2D eigenvalue weighted by atomic mass is 10.3. The van der Waals surface area contributed by atoms with Crippen molar-refractivity contribution in [3.8, 4) is 10.6 Å². The molecule has 0 fully saturated rings. The molecule has 0 aliphatic rings. The molecule has 108 valence electrons. The van der Waals surface area contributed by atoms with Crippen molar-refractivity contribution in [2.45, 2.75) is 19.8 Å². The van der Waals surface area contributed by atoms with Crippen LogP contribution in [0.2, 0.25) is 0 Å². The zero-order valence-electron chi connectivity index (χ0n) is 11.4. The van der Waals surface area contributed by atoms with Crippen LogP contribution in [-0.4, -0.2) is 21.1 Å². The van der Waals surface area contributed by atoms with Crippen molar-refractivity contribution in [2.24, 2.45) is 0 Å². The van der Waals surface area contributed by atoms with Crippen LogP contribution in [0, 0.1) is 0 Å². The second-order valence-corrected chi connectivity index (χ2v) is 6.15. The van der Waals surface area contributed by atoms with Crippen LogP contribution in [0.1, 0.15) is 18.3 Å². The predicted octanol–water partition coefficient (Wildman–Crippen LogP) is 3.34. The smallest absolute Gasteiger partial charge is 0.231 e. The Morgan fingerprint density at radius 2 is 2.33 bits per heavy atom. The van der Waals surface area contributed by atoms with Gasteiger partial charge in [0, 0.05) is 28.1 Å². The van der Waals surface area contributed by atoms with Crippen molar-refractivity contribution >= 4 is 34.4 Å². The molecule has 0 atom stereocenters. The fourth-order valence-corrected chi connectivity index (χ4v) is 3.40. The van der Waals surface area contributed by atoms with E-state index in [1.807, 2.05) is 29.8 Å². The maximum Gasteiger partial charge on any atom is 0.231 e. The van der Waals surface area contributed by atoms with Gasteiger partial charge in [-0.05, 0) is 17.9 Å². The van der Waals surface area contributed by atoms with E-state index in [1.165, 1.54) is 0 Å². The molecule has 0 saturated heterocycles. The number of anilines is 1. The van der Waals surface area contributed by atoms with Crippen LogP contribution in [-0.2, 0) is 17.6 Å². The molecule has 0 aliphatic carbocycles. The van der Waals surface area contributed by atoms with Crippen LogP contribution >= 0.6 is 22.7 Å². The monoisotopic (exact) mass is 318 g/mol. The molecule has 0 spiro atoms. The summed E-state index contributed by atoms with van der Waals surface area (Å²) in [6.07, 6.45) is 1.12. The zero-order valence-corrected chi connectivity index (χ0v) is 13.1. The van der Waals surface area contributed by atoms with E-state index < -0.39 is 0 Å². The largest absolute Gasteiger partial charge is 0.309 e. The highest BCUT2D eigenvalue weighted by atomic mass is 32.1. The molecule has 0 aromatic carbocycles. The minimum Gasteiger partial charge on any atom is -0.309 e. The van der Waals surface area contributed by atoms with Gasteiger partial charge in [0.15, 0.2) is 5.82 Å². The fourth-order valence-electron chi connectivity index (χ4n) is 1.87. The lowest BCUT2D eigenvalue weighted by molar-refractivity contribution is -0.115. The third kappa shape index (κ3) is 3.37. The van der Waals surface area contributed by atoms with Crippen molar-refractivity contribution < 1.29 is 4.79 Å². The van der Waals surface area contributed by atoms with Crippen molar-refractivity contribution in [2.75, 3.05) is 5.32 Å². The predicted molar refractivity (Wildman–Crippen MR) is 85.7 cm³/mol. The first-order chi connectivity index (χ1) is 10.2. The van der Waals surface area contributed by atoms with E-state index in [2.05, 4.69) is 25.9 Å². The SMILES string of the molecule is CCc1cc(NC(=O)Cc2csc(-c3ccsc3)n2)n[nH]1. The van der Waals surface area contributed by atoms with E-state index in [4.69, 9.17) is 0 Å². The first-order valence-electron chi connectivity index (χ1n) is 6.55. The Kier molecular flexibility index (Phi) is 4.12. The standard InChI is InChI=1S/C14H14N4OS2/c1-2-10-5-12(18-17-10)16-13(19)6-11-8-21-14(15-11)9-3-4-20-7-9/h3-5,7-8H,2,6H2,1H3,(H2,16,17,18,19). The number of thiazole rings is 1. The summed E-state index contributed by atoms with van der Waals surface area (Å²) in [5.41, 5.74) is 2.89. The molecule has 3 aromatic heterocycles. The number of H-pyrrole nitrogens is 1. The molecule has 3 aromatic rings. The van der Waals surface area contributed by atoms with Crippen LogP contribution in [0.25, 0.3) is 10.6 Å². The second kappa shape index (κ2) is 6.19. The van der Waals surface area contributed by atoms with Crippen LogP contribution in [0.15, 0.2) is 28.3 Å². The van der Waals surface area contributed by atoms with Crippen LogP contribution < -0.4 is 5.32 Å². The molecule has 0 aliphatic heterocycles. The number of aromatic nitrogens is 3. The van der Waals surface area contributed by atoms with Gasteiger partial charge >= 0.3 is 0 Å². The van der Waals surface area contributed by atoms with Gasteiger partial charge in [-0.25, -0.2) is 4.98 Å².